The zero-order chi connectivity index (χ0) is 23.4. The van der Waals surface area contributed by atoms with Gasteiger partial charge in [0.05, 0.1) is 23.8 Å². The largest absolute Gasteiger partial charge is 0.505 e. The molecule has 0 amide bonds. The van der Waals surface area contributed by atoms with Crippen molar-refractivity contribution in [3.05, 3.63) is 53.2 Å². The number of anilines is 2. The number of fused-ring (bicyclic) bond motifs is 2. The van der Waals surface area contributed by atoms with Gasteiger partial charge in [0.2, 0.25) is 5.60 Å². The third kappa shape index (κ3) is 3.38. The van der Waals surface area contributed by atoms with Crippen molar-refractivity contribution in [2.45, 2.75) is 38.6 Å². The van der Waals surface area contributed by atoms with Crippen LogP contribution in [-0.2, 0) is 0 Å². The molecule has 3 aromatic rings. The molecular weight excluding hydrogens is 428 g/mol. The molecule has 0 saturated heterocycles. The summed E-state index contributed by atoms with van der Waals surface area (Å²) in [6.07, 6.45) is -3.63. The number of benzene rings is 2. The number of aryl methyl sites for hydroxylation is 2. The van der Waals surface area contributed by atoms with Crippen LogP contribution < -0.4 is 10.2 Å². The first-order valence-electron chi connectivity index (χ1n) is 10.0. The van der Waals surface area contributed by atoms with Gasteiger partial charge in [-0.15, -0.1) is 0 Å². The average molecular weight is 450 g/mol. The molecular formula is C22H22F4N4O2. The van der Waals surface area contributed by atoms with E-state index < -0.39 is 30.2 Å². The second-order valence-electron chi connectivity index (χ2n) is 7.99. The number of phenolic OH excluding ortho intramolecular Hbond substituents is 1. The number of aromatic nitrogens is 2. The van der Waals surface area contributed by atoms with Crippen molar-refractivity contribution in [2.75, 3.05) is 23.3 Å². The maximum absolute atomic E-state index is 14.3. The molecule has 10 heteroatoms. The number of nitrogens with zero attached hydrogens (tertiary/aromatic N) is 3. The highest BCUT2D eigenvalue weighted by Crippen LogP contribution is 2.52. The van der Waals surface area contributed by atoms with Crippen molar-refractivity contribution in [1.29, 1.82) is 0 Å². The summed E-state index contributed by atoms with van der Waals surface area (Å²) in [7, 11) is 0. The lowest BCUT2D eigenvalue weighted by molar-refractivity contribution is -0.263. The molecule has 32 heavy (non-hydrogen) atoms. The zero-order valence-electron chi connectivity index (χ0n) is 17.6. The number of alkyl halides is 3. The Balaban J connectivity index is 1.95. The van der Waals surface area contributed by atoms with Gasteiger partial charge in [0, 0.05) is 35.4 Å². The summed E-state index contributed by atoms with van der Waals surface area (Å²) in [5, 5.41) is 24.6. The van der Waals surface area contributed by atoms with Crippen LogP contribution in [-0.4, -0.2) is 45.0 Å². The Bertz CT molecular complexity index is 1200. The molecule has 2 heterocycles. The van der Waals surface area contributed by atoms with Crippen LogP contribution in [0.5, 0.6) is 5.75 Å². The summed E-state index contributed by atoms with van der Waals surface area (Å²) in [4.78, 5) is 9.50. The number of hydrogen-bond donors (Lipinski definition) is 3. The van der Waals surface area contributed by atoms with E-state index in [1.165, 1.54) is 23.2 Å². The van der Waals surface area contributed by atoms with E-state index in [1.807, 2.05) is 0 Å². The van der Waals surface area contributed by atoms with Crippen molar-refractivity contribution >= 4 is 22.3 Å². The van der Waals surface area contributed by atoms with Gasteiger partial charge in [-0.1, -0.05) is 12.1 Å². The molecule has 0 fully saturated rings. The number of aliphatic hydroxyl groups is 1. The Kier molecular flexibility index (Phi) is 5.15. The fraction of sp³-hybridized carbons (Fsp3) is 0.364. The predicted molar refractivity (Wildman–Crippen MR) is 112 cm³/mol. The first-order valence-corrected chi connectivity index (χ1v) is 10.0. The smallest absolute Gasteiger partial charge is 0.421 e. The van der Waals surface area contributed by atoms with E-state index in [-0.39, 0.29) is 34.7 Å². The average Bonchev–Trinajstić information content (AvgIpc) is 2.70. The number of rotatable bonds is 3. The molecule has 0 bridgehead atoms. The highest BCUT2D eigenvalue weighted by atomic mass is 19.4. The summed E-state index contributed by atoms with van der Waals surface area (Å²) in [6.45, 7) is 4.20. The first kappa shape index (κ1) is 22.1. The van der Waals surface area contributed by atoms with Crippen molar-refractivity contribution in [3.8, 4) is 5.75 Å². The number of aromatic hydroxyl groups is 1. The molecule has 1 aliphatic rings. The Labute approximate surface area is 181 Å². The molecule has 0 saturated carbocycles. The van der Waals surface area contributed by atoms with Crippen molar-refractivity contribution in [3.63, 3.8) is 0 Å². The molecule has 6 nitrogen and oxygen atoms in total. The molecule has 1 aromatic heterocycles. The highest BCUT2D eigenvalue weighted by molar-refractivity contribution is 5.91. The molecule has 0 unspecified atom stereocenters. The van der Waals surface area contributed by atoms with E-state index in [4.69, 9.17) is 0 Å². The van der Waals surface area contributed by atoms with E-state index in [1.54, 1.807) is 20.8 Å². The summed E-state index contributed by atoms with van der Waals surface area (Å²) < 4.78 is 57.0. The topological polar surface area (TPSA) is 81.5 Å². The standard InChI is InChI=1S/C22H22F4N4O2/c1-4-30-10-21(32,22(24,25)26)20(14-6-5-11(2)19(31)18(14)30)29-17-8-13(23)7-16-15(17)9-27-12(3)28-16/h5-9,20,29,31-32H,4,10H2,1-3H3/t20-,21+/m0/s1. The summed E-state index contributed by atoms with van der Waals surface area (Å²) in [5.41, 5.74) is -2.27. The molecule has 0 spiro atoms. The predicted octanol–water partition coefficient (Wildman–Crippen LogP) is 4.38. The van der Waals surface area contributed by atoms with Gasteiger partial charge in [0.15, 0.2) is 0 Å². The lowest BCUT2D eigenvalue weighted by Gasteiger charge is -2.47. The number of nitrogens with one attached hydrogen (secondary N) is 1. The molecule has 2 atom stereocenters. The van der Waals surface area contributed by atoms with Crippen LogP contribution in [0.2, 0.25) is 0 Å². The van der Waals surface area contributed by atoms with Crippen molar-refractivity contribution in [1.82, 2.24) is 9.97 Å². The fourth-order valence-electron chi connectivity index (χ4n) is 4.17. The van der Waals surface area contributed by atoms with E-state index >= 15 is 0 Å². The molecule has 170 valence electrons. The second kappa shape index (κ2) is 7.47. The van der Waals surface area contributed by atoms with Crippen LogP contribution in [0.15, 0.2) is 30.5 Å². The Morgan fingerprint density at radius 3 is 2.62 bits per heavy atom. The minimum absolute atomic E-state index is 0.00337. The quantitative estimate of drug-likeness (QED) is 0.514. The number of β-amino-alcohol motifs (C(OH)–C–C–N with tert-alkyl or cyclic N) is 1. The monoisotopic (exact) mass is 450 g/mol. The number of hydrogen-bond acceptors (Lipinski definition) is 6. The molecule has 4 rings (SSSR count). The van der Waals surface area contributed by atoms with E-state index in [0.29, 0.717) is 16.8 Å². The normalized spacial score (nSPS) is 21.0. The molecule has 1 aliphatic heterocycles. The number of likely N-dealkylation sites (N-methyl/N-ethyl adjacent to an activating group) is 1. The number of phenols is 1. The van der Waals surface area contributed by atoms with Gasteiger partial charge in [0.1, 0.15) is 17.4 Å². The van der Waals surface area contributed by atoms with Gasteiger partial charge in [-0.25, -0.2) is 14.4 Å². The first-order chi connectivity index (χ1) is 15.0. The van der Waals surface area contributed by atoms with Crippen LogP contribution in [0.3, 0.4) is 0 Å². The van der Waals surface area contributed by atoms with Crippen LogP contribution in [0.4, 0.5) is 28.9 Å². The van der Waals surface area contributed by atoms with Gasteiger partial charge in [-0.05, 0) is 32.4 Å². The summed E-state index contributed by atoms with van der Waals surface area (Å²) >= 11 is 0. The van der Waals surface area contributed by atoms with Crippen LogP contribution in [0.1, 0.15) is 29.9 Å². The van der Waals surface area contributed by atoms with Gasteiger partial charge in [-0.3, -0.25) is 0 Å². The van der Waals surface area contributed by atoms with Crippen LogP contribution in [0.25, 0.3) is 10.9 Å². The third-order valence-corrected chi connectivity index (χ3v) is 5.88. The fourth-order valence-corrected chi connectivity index (χ4v) is 4.17. The maximum Gasteiger partial charge on any atom is 0.421 e. The van der Waals surface area contributed by atoms with E-state index in [2.05, 4.69) is 15.3 Å². The Morgan fingerprint density at radius 1 is 1.25 bits per heavy atom. The lowest BCUT2D eigenvalue weighted by atomic mass is 9.81. The van der Waals surface area contributed by atoms with Gasteiger partial charge < -0.3 is 20.4 Å². The lowest BCUT2D eigenvalue weighted by Crippen LogP contribution is -2.62. The summed E-state index contributed by atoms with van der Waals surface area (Å²) in [6, 6.07) is 3.39. The maximum atomic E-state index is 14.3. The molecule has 0 radical (unpaired) electrons. The molecule has 3 N–H and O–H groups in total. The van der Waals surface area contributed by atoms with Gasteiger partial charge in [-0.2, -0.15) is 13.2 Å². The van der Waals surface area contributed by atoms with Crippen molar-refractivity contribution < 1.29 is 27.8 Å². The molecule has 2 aromatic carbocycles. The van der Waals surface area contributed by atoms with Crippen molar-refractivity contribution in [2.24, 2.45) is 0 Å². The van der Waals surface area contributed by atoms with E-state index in [0.717, 1.165) is 12.1 Å². The number of halogens is 4. The van der Waals surface area contributed by atoms with Gasteiger partial charge in [0.25, 0.3) is 0 Å². The zero-order valence-corrected chi connectivity index (χ0v) is 17.6. The van der Waals surface area contributed by atoms with E-state index in [9.17, 15) is 27.8 Å². The van der Waals surface area contributed by atoms with Gasteiger partial charge >= 0.3 is 6.18 Å². The van der Waals surface area contributed by atoms with Crippen LogP contribution in [0, 0.1) is 19.7 Å². The molecule has 0 aliphatic carbocycles. The Morgan fingerprint density at radius 2 is 1.97 bits per heavy atom. The Hall–Kier alpha value is -3.14. The highest BCUT2D eigenvalue weighted by Gasteiger charge is 2.62. The second-order valence-corrected chi connectivity index (χ2v) is 7.99. The van der Waals surface area contributed by atoms with Crippen LogP contribution >= 0.6 is 0 Å². The minimum atomic E-state index is -5.02. The SMILES string of the molecule is CCN1C[C@](O)(C(F)(F)F)[C@@H](Nc2cc(F)cc3nc(C)ncc23)c2ccc(C)c(O)c21. The minimum Gasteiger partial charge on any atom is -0.505 e. The third-order valence-electron chi connectivity index (χ3n) is 5.88. The summed E-state index contributed by atoms with van der Waals surface area (Å²) in [5.74, 6) is -0.488.